The second kappa shape index (κ2) is 6.61. The minimum atomic E-state index is -3.57. The van der Waals surface area contributed by atoms with E-state index in [1.807, 2.05) is 6.92 Å². The van der Waals surface area contributed by atoms with Crippen LogP contribution >= 0.6 is 15.9 Å². The average Bonchev–Trinajstić information content (AvgIpc) is 2.31. The summed E-state index contributed by atoms with van der Waals surface area (Å²) in [4.78, 5) is -0.163. The van der Waals surface area contributed by atoms with Gasteiger partial charge >= 0.3 is 0 Å². The smallest absolute Gasteiger partial charge is 0.178 e. The first-order chi connectivity index (χ1) is 8.40. The number of sulfone groups is 1. The molecule has 2 nitrogen and oxygen atoms in total. The first-order valence-corrected chi connectivity index (χ1v) is 8.41. The number of rotatable bonds is 6. The topological polar surface area (TPSA) is 34.1 Å². The Morgan fingerprint density at radius 1 is 1.28 bits per heavy atom. The Balaban J connectivity index is 2.95. The van der Waals surface area contributed by atoms with E-state index in [9.17, 15) is 17.2 Å². The third-order valence-electron chi connectivity index (χ3n) is 2.62. The summed E-state index contributed by atoms with van der Waals surface area (Å²) in [6.07, 6.45) is 1.65. The summed E-state index contributed by atoms with van der Waals surface area (Å²) in [7, 11) is -3.57. The van der Waals surface area contributed by atoms with Gasteiger partial charge in [0.1, 0.15) is 0 Å². The maximum Gasteiger partial charge on any atom is 0.178 e. The normalized spacial score (nSPS) is 13.6. The molecular formula is C12H15BrF2O2S. The Labute approximate surface area is 114 Å². The second-order valence-corrected chi connectivity index (χ2v) is 6.85. The molecule has 0 heterocycles. The lowest BCUT2D eigenvalue weighted by Crippen LogP contribution is -2.18. The first-order valence-electron chi connectivity index (χ1n) is 5.64. The fourth-order valence-electron chi connectivity index (χ4n) is 1.69. The molecule has 1 rings (SSSR count). The van der Waals surface area contributed by atoms with Crippen LogP contribution in [0.4, 0.5) is 8.78 Å². The number of benzene rings is 1. The Kier molecular flexibility index (Phi) is 5.72. The van der Waals surface area contributed by atoms with Crippen molar-refractivity contribution in [2.45, 2.75) is 24.7 Å². The molecule has 0 saturated heterocycles. The lowest BCUT2D eigenvalue weighted by Gasteiger charge is -2.13. The van der Waals surface area contributed by atoms with Gasteiger partial charge in [-0.1, -0.05) is 29.3 Å². The van der Waals surface area contributed by atoms with Crippen molar-refractivity contribution in [3.8, 4) is 0 Å². The van der Waals surface area contributed by atoms with Gasteiger partial charge in [0.15, 0.2) is 21.5 Å². The molecule has 0 aliphatic rings. The molecule has 0 amide bonds. The summed E-state index contributed by atoms with van der Waals surface area (Å²) in [5.41, 5.74) is 0. The first kappa shape index (κ1) is 15.6. The minimum Gasteiger partial charge on any atom is -0.224 e. The van der Waals surface area contributed by atoms with Gasteiger partial charge in [-0.3, -0.25) is 0 Å². The van der Waals surface area contributed by atoms with Crippen LogP contribution in [0.2, 0.25) is 0 Å². The van der Waals surface area contributed by atoms with Crippen LogP contribution in [0.3, 0.4) is 0 Å². The average molecular weight is 341 g/mol. The summed E-state index contributed by atoms with van der Waals surface area (Å²) in [6.45, 7) is 1.97. The van der Waals surface area contributed by atoms with E-state index in [0.717, 1.165) is 31.0 Å². The minimum absolute atomic E-state index is 0.0203. The lowest BCUT2D eigenvalue weighted by atomic mass is 10.1. The predicted octanol–water partition coefficient (Wildman–Crippen LogP) is 3.55. The molecule has 0 spiro atoms. The van der Waals surface area contributed by atoms with Gasteiger partial charge in [0.25, 0.3) is 0 Å². The van der Waals surface area contributed by atoms with Gasteiger partial charge in [-0.25, -0.2) is 17.2 Å². The number of alkyl halides is 1. The largest absolute Gasteiger partial charge is 0.224 e. The van der Waals surface area contributed by atoms with Crippen LogP contribution in [0.1, 0.15) is 19.8 Å². The van der Waals surface area contributed by atoms with Crippen molar-refractivity contribution in [3.63, 3.8) is 0 Å². The zero-order valence-corrected chi connectivity index (χ0v) is 12.4. The van der Waals surface area contributed by atoms with E-state index in [2.05, 4.69) is 15.9 Å². The van der Waals surface area contributed by atoms with E-state index in [4.69, 9.17) is 0 Å². The van der Waals surface area contributed by atoms with E-state index >= 15 is 0 Å². The molecule has 0 aliphatic heterocycles. The lowest BCUT2D eigenvalue weighted by molar-refractivity contribution is 0.503. The fourth-order valence-corrected chi connectivity index (χ4v) is 4.20. The van der Waals surface area contributed by atoms with Gasteiger partial charge in [-0.05, 0) is 30.5 Å². The zero-order chi connectivity index (χ0) is 13.8. The van der Waals surface area contributed by atoms with Crippen LogP contribution in [0.5, 0.6) is 0 Å². The van der Waals surface area contributed by atoms with Crippen molar-refractivity contribution < 1.29 is 17.2 Å². The van der Waals surface area contributed by atoms with Crippen LogP contribution in [-0.4, -0.2) is 19.5 Å². The molecule has 0 aromatic heterocycles. The van der Waals surface area contributed by atoms with Crippen molar-refractivity contribution in [3.05, 3.63) is 29.8 Å². The summed E-state index contributed by atoms with van der Waals surface area (Å²) >= 11 is 3.27. The number of hydrogen-bond donors (Lipinski definition) is 0. The van der Waals surface area contributed by atoms with Gasteiger partial charge < -0.3 is 0 Å². The van der Waals surface area contributed by atoms with E-state index in [1.165, 1.54) is 0 Å². The van der Waals surface area contributed by atoms with E-state index < -0.39 is 21.5 Å². The molecule has 0 N–H and O–H groups in total. The van der Waals surface area contributed by atoms with Crippen molar-refractivity contribution in [2.24, 2.45) is 5.92 Å². The van der Waals surface area contributed by atoms with Crippen LogP contribution in [-0.2, 0) is 9.84 Å². The summed E-state index contributed by atoms with van der Waals surface area (Å²) < 4.78 is 49.8. The van der Waals surface area contributed by atoms with E-state index in [1.54, 1.807) is 0 Å². The third kappa shape index (κ3) is 4.02. The number of halogens is 3. The molecule has 1 aromatic rings. The molecule has 0 radical (unpaired) electrons. The van der Waals surface area contributed by atoms with Crippen molar-refractivity contribution in [2.75, 3.05) is 11.1 Å². The van der Waals surface area contributed by atoms with Gasteiger partial charge in [-0.2, -0.15) is 0 Å². The Morgan fingerprint density at radius 3 is 2.44 bits per heavy atom. The molecule has 1 aromatic carbocycles. The quantitative estimate of drug-likeness (QED) is 0.586. The SMILES string of the molecule is CCCC(CBr)CS(=O)(=O)c1ccc(F)c(F)c1. The van der Waals surface area contributed by atoms with Crippen LogP contribution in [0, 0.1) is 17.6 Å². The molecule has 18 heavy (non-hydrogen) atoms. The van der Waals surface area contributed by atoms with Crippen LogP contribution in [0.15, 0.2) is 23.1 Å². The van der Waals surface area contributed by atoms with E-state index in [-0.39, 0.29) is 16.6 Å². The molecule has 102 valence electrons. The summed E-state index contributed by atoms with van der Waals surface area (Å²) in [5, 5.41) is 0.573. The highest BCUT2D eigenvalue weighted by atomic mass is 79.9. The monoisotopic (exact) mass is 340 g/mol. The van der Waals surface area contributed by atoms with Gasteiger partial charge in [0, 0.05) is 5.33 Å². The van der Waals surface area contributed by atoms with Crippen molar-refractivity contribution in [1.29, 1.82) is 0 Å². The highest BCUT2D eigenvalue weighted by Gasteiger charge is 2.21. The zero-order valence-electron chi connectivity index (χ0n) is 10.00. The van der Waals surface area contributed by atoms with Crippen LogP contribution < -0.4 is 0 Å². The van der Waals surface area contributed by atoms with Gasteiger partial charge in [0.05, 0.1) is 10.6 Å². The molecule has 1 atom stereocenters. The number of hydrogen-bond acceptors (Lipinski definition) is 2. The Hall–Kier alpha value is -0.490. The standard InChI is InChI=1S/C12H15BrF2O2S/c1-2-3-9(7-13)8-18(16,17)10-4-5-11(14)12(15)6-10/h4-6,9H,2-3,7-8H2,1H3. The molecular weight excluding hydrogens is 326 g/mol. The maximum atomic E-state index is 13.0. The van der Waals surface area contributed by atoms with Crippen LogP contribution in [0.25, 0.3) is 0 Å². The molecule has 0 aliphatic carbocycles. The van der Waals surface area contributed by atoms with Gasteiger partial charge in [-0.15, -0.1) is 0 Å². The Morgan fingerprint density at radius 2 is 1.94 bits per heavy atom. The van der Waals surface area contributed by atoms with Crippen molar-refractivity contribution in [1.82, 2.24) is 0 Å². The van der Waals surface area contributed by atoms with Gasteiger partial charge in [0.2, 0.25) is 0 Å². The maximum absolute atomic E-state index is 13.0. The summed E-state index contributed by atoms with van der Waals surface area (Å²) in [5.74, 6) is -2.26. The highest BCUT2D eigenvalue weighted by Crippen LogP contribution is 2.20. The molecule has 0 saturated carbocycles. The van der Waals surface area contributed by atoms with E-state index in [0.29, 0.717) is 5.33 Å². The molecule has 6 heteroatoms. The molecule has 0 bridgehead atoms. The third-order valence-corrected chi connectivity index (χ3v) is 5.42. The molecule has 0 fully saturated rings. The molecule has 1 unspecified atom stereocenters. The highest BCUT2D eigenvalue weighted by molar-refractivity contribution is 9.09. The summed E-state index contributed by atoms with van der Waals surface area (Å²) in [6, 6.07) is 2.68. The predicted molar refractivity (Wildman–Crippen MR) is 70.6 cm³/mol. The Bertz CT molecular complexity index is 503. The second-order valence-electron chi connectivity index (χ2n) is 4.17. The van der Waals surface area contributed by atoms with Crippen molar-refractivity contribution >= 4 is 25.8 Å². The fraction of sp³-hybridized carbons (Fsp3) is 0.500.